The third kappa shape index (κ3) is 3.65. The Labute approximate surface area is 187 Å². The maximum absolute atomic E-state index is 13.1. The minimum Gasteiger partial charge on any atom is -0.507 e. The molecule has 1 N–H and O–H groups in total. The van der Waals surface area contributed by atoms with Crippen molar-refractivity contribution in [2.24, 2.45) is 0 Å². The highest BCUT2D eigenvalue weighted by atomic mass is 79.9. The highest BCUT2D eigenvalue weighted by Crippen LogP contribution is 2.43. The molecule has 0 bridgehead atoms. The van der Waals surface area contributed by atoms with Gasteiger partial charge in [-0.3, -0.25) is 14.5 Å². The number of methoxy groups -OCH3 is 1. The molecule has 7 heteroatoms. The molecule has 3 aromatic rings. The van der Waals surface area contributed by atoms with Crippen molar-refractivity contribution >= 4 is 39.1 Å². The number of ketones is 1. The van der Waals surface area contributed by atoms with Gasteiger partial charge in [0.25, 0.3) is 11.7 Å². The topological polar surface area (TPSA) is 80.0 Å². The number of furan rings is 1. The standard InChI is InChI=1S/C24H20BrNO5/c1-13-9-14(2)11-16(10-13)26-21(19-5-4-8-31-19)20(23(28)24(26)29)22(27)15-6-7-18(30-3)17(25)12-15/h4-12,21,27H,1-3H3/b22-20-. The van der Waals surface area contributed by atoms with Gasteiger partial charge in [-0.2, -0.15) is 0 Å². The van der Waals surface area contributed by atoms with Crippen molar-refractivity contribution in [1.82, 2.24) is 0 Å². The lowest BCUT2D eigenvalue weighted by Crippen LogP contribution is -2.29. The molecule has 1 aliphatic heterocycles. The summed E-state index contributed by atoms with van der Waals surface area (Å²) in [7, 11) is 1.53. The molecule has 1 unspecified atom stereocenters. The maximum Gasteiger partial charge on any atom is 0.300 e. The Balaban J connectivity index is 1.93. The molecule has 2 heterocycles. The van der Waals surface area contributed by atoms with Crippen molar-refractivity contribution < 1.29 is 23.8 Å². The number of amides is 1. The highest BCUT2D eigenvalue weighted by Gasteiger charge is 2.48. The molecule has 4 rings (SSSR count). The van der Waals surface area contributed by atoms with Crippen LogP contribution in [-0.2, 0) is 9.59 Å². The minimum atomic E-state index is -0.892. The van der Waals surface area contributed by atoms with Crippen molar-refractivity contribution in [2.45, 2.75) is 19.9 Å². The summed E-state index contributed by atoms with van der Waals surface area (Å²) in [4.78, 5) is 27.6. The minimum absolute atomic E-state index is 0.0313. The van der Waals surface area contributed by atoms with Crippen molar-refractivity contribution in [3.05, 3.63) is 87.3 Å². The molecule has 6 nitrogen and oxygen atoms in total. The van der Waals surface area contributed by atoms with E-state index in [-0.39, 0.29) is 11.3 Å². The molecule has 1 fully saturated rings. The van der Waals surface area contributed by atoms with Crippen LogP contribution in [0.4, 0.5) is 5.69 Å². The van der Waals surface area contributed by atoms with E-state index in [9.17, 15) is 14.7 Å². The predicted molar refractivity (Wildman–Crippen MR) is 120 cm³/mol. The zero-order valence-electron chi connectivity index (χ0n) is 17.2. The lowest BCUT2D eigenvalue weighted by Gasteiger charge is -2.24. The molecule has 0 radical (unpaired) electrons. The summed E-state index contributed by atoms with van der Waals surface area (Å²) >= 11 is 3.39. The van der Waals surface area contributed by atoms with E-state index in [0.717, 1.165) is 11.1 Å². The Morgan fingerprint density at radius 3 is 2.39 bits per heavy atom. The number of carbonyl (C=O) groups excluding carboxylic acids is 2. The van der Waals surface area contributed by atoms with Crippen LogP contribution in [0.3, 0.4) is 0 Å². The number of benzene rings is 2. The Hall–Kier alpha value is -3.32. The second-order valence-corrected chi connectivity index (χ2v) is 8.23. The number of aliphatic hydroxyl groups is 1. The number of anilines is 1. The fourth-order valence-corrected chi connectivity index (χ4v) is 4.41. The predicted octanol–water partition coefficient (Wildman–Crippen LogP) is 5.29. The molecule has 0 spiro atoms. The second-order valence-electron chi connectivity index (χ2n) is 7.38. The van der Waals surface area contributed by atoms with Gasteiger partial charge in [0.1, 0.15) is 23.3 Å². The van der Waals surface area contributed by atoms with Gasteiger partial charge in [0, 0.05) is 11.3 Å². The van der Waals surface area contributed by atoms with E-state index < -0.39 is 17.7 Å². The first kappa shape index (κ1) is 20.9. The number of carbonyl (C=O) groups is 2. The third-order valence-corrected chi connectivity index (χ3v) is 5.79. The molecule has 158 valence electrons. The van der Waals surface area contributed by atoms with Gasteiger partial charge in [0.05, 0.1) is 23.4 Å². The van der Waals surface area contributed by atoms with Crippen LogP contribution < -0.4 is 9.64 Å². The fourth-order valence-electron chi connectivity index (χ4n) is 3.87. The second kappa shape index (κ2) is 8.07. The van der Waals surface area contributed by atoms with E-state index in [1.54, 1.807) is 30.3 Å². The molecule has 1 amide bonds. The molecule has 2 aromatic carbocycles. The zero-order chi connectivity index (χ0) is 22.3. The normalized spacial score (nSPS) is 17.9. The van der Waals surface area contributed by atoms with Crippen molar-refractivity contribution in [3.63, 3.8) is 0 Å². The molecule has 0 aliphatic carbocycles. The van der Waals surface area contributed by atoms with Crippen LogP contribution in [-0.4, -0.2) is 23.9 Å². The van der Waals surface area contributed by atoms with Gasteiger partial charge in [-0.15, -0.1) is 0 Å². The molecule has 1 atom stereocenters. The number of ether oxygens (including phenoxy) is 1. The third-order valence-electron chi connectivity index (χ3n) is 5.17. The van der Waals surface area contributed by atoms with Gasteiger partial charge in [-0.1, -0.05) is 6.07 Å². The summed E-state index contributed by atoms with van der Waals surface area (Å²) < 4.78 is 11.4. The van der Waals surface area contributed by atoms with Crippen LogP contribution in [0.1, 0.15) is 28.5 Å². The summed E-state index contributed by atoms with van der Waals surface area (Å²) in [6, 6.07) is 13.1. The summed E-state index contributed by atoms with van der Waals surface area (Å²) in [5.41, 5.74) is 2.82. The van der Waals surface area contributed by atoms with Gasteiger partial charge in [0.15, 0.2) is 0 Å². The first-order chi connectivity index (χ1) is 14.8. The Morgan fingerprint density at radius 1 is 1.10 bits per heavy atom. The summed E-state index contributed by atoms with van der Waals surface area (Å²) in [6.45, 7) is 3.84. The van der Waals surface area contributed by atoms with Gasteiger partial charge in [0.2, 0.25) is 0 Å². The van der Waals surface area contributed by atoms with Crippen LogP contribution in [0.5, 0.6) is 5.75 Å². The number of Topliss-reactive ketones (excluding diaryl/α,β-unsaturated/α-hetero) is 1. The first-order valence-corrected chi connectivity index (χ1v) is 10.4. The van der Waals surface area contributed by atoms with Crippen molar-refractivity contribution in [3.8, 4) is 5.75 Å². The van der Waals surface area contributed by atoms with Gasteiger partial charge < -0.3 is 14.3 Å². The number of halogens is 1. The average molecular weight is 482 g/mol. The Bertz CT molecular complexity index is 1190. The number of rotatable bonds is 4. The molecular weight excluding hydrogens is 462 g/mol. The van der Waals surface area contributed by atoms with Crippen LogP contribution in [0.15, 0.2) is 69.3 Å². The Morgan fingerprint density at radius 2 is 1.81 bits per heavy atom. The van der Waals surface area contributed by atoms with Gasteiger partial charge >= 0.3 is 0 Å². The number of aliphatic hydroxyl groups excluding tert-OH is 1. The molecule has 1 aromatic heterocycles. The molecule has 1 aliphatic rings. The van der Waals surface area contributed by atoms with Crippen LogP contribution in [0.25, 0.3) is 5.76 Å². The molecule has 1 saturated heterocycles. The van der Waals surface area contributed by atoms with E-state index >= 15 is 0 Å². The molecule has 0 saturated carbocycles. The van der Waals surface area contributed by atoms with Crippen LogP contribution in [0.2, 0.25) is 0 Å². The number of hydrogen-bond donors (Lipinski definition) is 1. The molecular formula is C24H20BrNO5. The summed E-state index contributed by atoms with van der Waals surface area (Å²) in [5.74, 6) is -0.817. The van der Waals surface area contributed by atoms with Crippen LogP contribution >= 0.6 is 15.9 Å². The number of hydrogen-bond acceptors (Lipinski definition) is 5. The smallest absolute Gasteiger partial charge is 0.300 e. The summed E-state index contributed by atoms with van der Waals surface area (Å²) in [6.07, 6.45) is 1.47. The van der Waals surface area contributed by atoms with E-state index in [1.165, 1.54) is 18.3 Å². The summed E-state index contributed by atoms with van der Waals surface area (Å²) in [5, 5.41) is 11.1. The highest BCUT2D eigenvalue weighted by molar-refractivity contribution is 9.10. The van der Waals surface area contributed by atoms with Crippen molar-refractivity contribution in [1.29, 1.82) is 0 Å². The Kier molecular flexibility index (Phi) is 5.45. The van der Waals surface area contributed by atoms with E-state index in [0.29, 0.717) is 27.2 Å². The average Bonchev–Trinajstić information content (AvgIpc) is 3.34. The monoisotopic (exact) mass is 481 g/mol. The fraction of sp³-hybridized carbons (Fsp3) is 0.167. The lowest BCUT2D eigenvalue weighted by molar-refractivity contribution is -0.132. The number of aryl methyl sites for hydroxylation is 2. The maximum atomic E-state index is 13.1. The lowest BCUT2D eigenvalue weighted by atomic mass is 9.99. The van der Waals surface area contributed by atoms with Crippen LogP contribution in [0, 0.1) is 13.8 Å². The van der Waals surface area contributed by atoms with E-state index in [1.807, 2.05) is 32.0 Å². The quantitative estimate of drug-likeness (QED) is 0.311. The number of nitrogens with zero attached hydrogens (tertiary/aromatic N) is 1. The van der Waals surface area contributed by atoms with Gasteiger partial charge in [-0.25, -0.2) is 0 Å². The van der Waals surface area contributed by atoms with E-state index in [2.05, 4.69) is 15.9 Å². The SMILES string of the molecule is COc1ccc(/C(O)=C2/C(=O)C(=O)N(c3cc(C)cc(C)c3)C2c2ccco2)cc1Br. The zero-order valence-corrected chi connectivity index (χ0v) is 18.8. The van der Waals surface area contributed by atoms with Gasteiger partial charge in [-0.05, 0) is 83.4 Å². The first-order valence-electron chi connectivity index (χ1n) is 9.58. The molecule has 31 heavy (non-hydrogen) atoms. The van der Waals surface area contributed by atoms with E-state index in [4.69, 9.17) is 9.15 Å². The van der Waals surface area contributed by atoms with Crippen molar-refractivity contribution in [2.75, 3.05) is 12.0 Å². The largest absolute Gasteiger partial charge is 0.507 e.